The normalized spacial score (nSPS) is 9.75. The zero-order chi connectivity index (χ0) is 9.30. The Bertz CT molecular complexity index is 345. The molecule has 0 fully saturated rings. The molecular weight excluding hydrogens is 169 g/mol. The van der Waals surface area contributed by atoms with Crippen LogP contribution in [0.1, 0.15) is 21.0 Å². The fourth-order valence-corrected chi connectivity index (χ4v) is 0.637. The lowest BCUT2D eigenvalue weighted by Crippen LogP contribution is -2.21. The minimum absolute atomic E-state index is 0.400. The van der Waals surface area contributed by atoms with E-state index in [1.165, 1.54) is 0 Å². The molecule has 1 aromatic rings. The summed E-state index contributed by atoms with van der Waals surface area (Å²) in [5.74, 6) is -2.22. The predicted octanol–water partition coefficient (Wildman–Crippen LogP) is -1.79. The van der Waals surface area contributed by atoms with E-state index in [1.54, 1.807) is 0 Å². The second kappa shape index (κ2) is 2.57. The minimum atomic E-state index is -1.16. The number of carbonyl (C=O) groups excluding carboxylic acids is 2. The van der Waals surface area contributed by atoms with Crippen molar-refractivity contribution in [3.63, 3.8) is 0 Å². The molecule has 1 aromatic heterocycles. The summed E-state index contributed by atoms with van der Waals surface area (Å²) in [6.45, 7) is 0. The second-order valence-electron chi connectivity index (χ2n) is 1.88. The molecule has 0 unspecified atom stereocenters. The van der Waals surface area contributed by atoms with E-state index in [-0.39, 0.29) is 0 Å². The van der Waals surface area contributed by atoms with Gasteiger partial charge in [-0.15, -0.1) is 5.10 Å². The average molecular weight is 173 g/mol. The van der Waals surface area contributed by atoms with E-state index in [2.05, 4.69) is 10.3 Å². The highest BCUT2D eigenvalue weighted by Gasteiger charge is 2.21. The number of amides is 2. The molecule has 0 aliphatic rings. The number of nitrogens with zero attached hydrogens (tertiary/aromatic N) is 3. The van der Waals surface area contributed by atoms with Crippen molar-refractivity contribution in [1.29, 1.82) is 0 Å². The molecule has 0 aliphatic carbocycles. The quantitative estimate of drug-likeness (QED) is 0.549. The maximum absolute atomic E-state index is 12.5. The topological polar surface area (TPSA) is 117 Å². The van der Waals surface area contributed by atoms with Gasteiger partial charge in [0.05, 0.1) is 0 Å². The number of hydrogen-bond acceptors (Lipinski definition) is 4. The third kappa shape index (κ3) is 1.09. The molecule has 1 rings (SSSR count). The molecule has 7 nitrogen and oxygen atoms in total. The number of nitrogens with two attached hydrogens (primary N) is 2. The summed E-state index contributed by atoms with van der Waals surface area (Å²) in [6, 6.07) is 0. The van der Waals surface area contributed by atoms with Crippen LogP contribution in [0.2, 0.25) is 0 Å². The third-order valence-corrected chi connectivity index (χ3v) is 1.10. The Balaban J connectivity index is 3.31. The first-order valence-electron chi connectivity index (χ1n) is 2.75. The molecule has 0 spiro atoms. The monoisotopic (exact) mass is 173 g/mol. The lowest BCUT2D eigenvalue weighted by molar-refractivity contribution is 0.0949. The molecule has 64 valence electrons. The maximum atomic E-state index is 12.5. The lowest BCUT2D eigenvalue weighted by atomic mass is 10.3. The molecule has 0 bridgehead atoms. The summed E-state index contributed by atoms with van der Waals surface area (Å²) >= 11 is 0. The predicted molar refractivity (Wildman–Crippen MR) is 33.6 cm³/mol. The Morgan fingerprint density at radius 2 is 1.92 bits per heavy atom. The van der Waals surface area contributed by atoms with Crippen molar-refractivity contribution in [2.45, 2.75) is 0 Å². The van der Waals surface area contributed by atoms with Gasteiger partial charge in [-0.05, 0) is 5.21 Å². The van der Waals surface area contributed by atoms with Gasteiger partial charge in [0.15, 0.2) is 11.4 Å². The molecule has 0 aromatic carbocycles. The van der Waals surface area contributed by atoms with Crippen LogP contribution >= 0.6 is 0 Å². The van der Waals surface area contributed by atoms with E-state index in [1.807, 2.05) is 0 Å². The van der Waals surface area contributed by atoms with Crippen molar-refractivity contribution >= 4 is 11.8 Å². The van der Waals surface area contributed by atoms with E-state index in [4.69, 9.17) is 11.5 Å². The Hall–Kier alpha value is -1.99. The molecule has 0 radical (unpaired) electrons. The summed E-state index contributed by atoms with van der Waals surface area (Å²) in [4.78, 5) is 20.6. The van der Waals surface area contributed by atoms with Gasteiger partial charge >= 0.3 is 0 Å². The van der Waals surface area contributed by atoms with Crippen LogP contribution in [-0.2, 0) is 0 Å². The highest BCUT2D eigenvalue weighted by molar-refractivity contribution is 6.03. The Kier molecular flexibility index (Phi) is 1.73. The third-order valence-electron chi connectivity index (χ3n) is 1.10. The van der Waals surface area contributed by atoms with Crippen molar-refractivity contribution in [3.05, 3.63) is 11.4 Å². The van der Waals surface area contributed by atoms with Crippen LogP contribution in [0.3, 0.4) is 0 Å². The summed E-state index contributed by atoms with van der Waals surface area (Å²) in [5, 5.41) is 5.76. The maximum Gasteiger partial charge on any atom is 0.272 e. The van der Waals surface area contributed by atoms with Crippen molar-refractivity contribution in [1.82, 2.24) is 15.2 Å². The molecule has 1 heterocycles. The first-order chi connectivity index (χ1) is 5.54. The molecule has 4 N–H and O–H groups in total. The first kappa shape index (κ1) is 8.11. The van der Waals surface area contributed by atoms with Crippen molar-refractivity contribution in [2.24, 2.45) is 11.5 Å². The number of aromatic nitrogens is 3. The van der Waals surface area contributed by atoms with Crippen molar-refractivity contribution < 1.29 is 14.1 Å². The summed E-state index contributed by atoms with van der Waals surface area (Å²) in [7, 11) is 0. The van der Waals surface area contributed by atoms with Crippen LogP contribution in [0.5, 0.6) is 0 Å². The highest BCUT2D eigenvalue weighted by atomic mass is 19.2. The standard InChI is InChI=1S/C4H4FN5O2/c5-10-2(4(7)12)1(3(6)11)8-9-10/h(H2,6,11)(H2,7,12). The zero-order valence-corrected chi connectivity index (χ0v) is 5.69. The Morgan fingerprint density at radius 1 is 1.33 bits per heavy atom. The van der Waals surface area contributed by atoms with Crippen LogP contribution in [0.4, 0.5) is 4.48 Å². The van der Waals surface area contributed by atoms with E-state index in [0.29, 0.717) is 0 Å². The fourth-order valence-electron chi connectivity index (χ4n) is 0.637. The summed E-state index contributed by atoms with van der Waals surface area (Å²) in [5.41, 5.74) is 8.12. The molecule has 0 saturated heterocycles. The summed E-state index contributed by atoms with van der Waals surface area (Å²) < 4.78 is 12.5. The van der Waals surface area contributed by atoms with E-state index < -0.39 is 28.1 Å². The number of primary amides is 2. The Morgan fingerprint density at radius 3 is 2.25 bits per heavy atom. The van der Waals surface area contributed by atoms with Crippen LogP contribution < -0.4 is 11.5 Å². The van der Waals surface area contributed by atoms with Gasteiger partial charge in [0.2, 0.25) is 0 Å². The molecule has 2 amide bonds. The fraction of sp³-hybridized carbons (Fsp3) is 0. The van der Waals surface area contributed by atoms with Crippen molar-refractivity contribution in [2.75, 3.05) is 0 Å². The Labute approximate surface area is 65.1 Å². The van der Waals surface area contributed by atoms with Gasteiger partial charge < -0.3 is 11.5 Å². The SMILES string of the molecule is NC(=O)c1nnn(F)c1C(N)=O. The lowest BCUT2D eigenvalue weighted by Gasteiger charge is -1.91. The second-order valence-corrected chi connectivity index (χ2v) is 1.88. The van der Waals surface area contributed by atoms with Gasteiger partial charge in [-0.25, -0.2) is 0 Å². The van der Waals surface area contributed by atoms with E-state index >= 15 is 0 Å². The van der Waals surface area contributed by atoms with Crippen LogP contribution in [0.25, 0.3) is 0 Å². The molecular formula is C4H4FN5O2. The number of rotatable bonds is 2. The molecule has 0 atom stereocenters. The van der Waals surface area contributed by atoms with E-state index in [0.717, 1.165) is 0 Å². The van der Waals surface area contributed by atoms with Crippen LogP contribution in [0, 0.1) is 0 Å². The highest BCUT2D eigenvalue weighted by Crippen LogP contribution is 2.02. The van der Waals surface area contributed by atoms with Gasteiger partial charge in [0.1, 0.15) is 0 Å². The van der Waals surface area contributed by atoms with E-state index in [9.17, 15) is 14.1 Å². The largest absolute Gasteiger partial charge is 0.364 e. The van der Waals surface area contributed by atoms with Gasteiger partial charge in [-0.2, -0.15) is 0 Å². The van der Waals surface area contributed by atoms with Gasteiger partial charge in [-0.3, -0.25) is 9.59 Å². The van der Waals surface area contributed by atoms with Gasteiger partial charge in [-0.1, -0.05) is 9.39 Å². The van der Waals surface area contributed by atoms with Crippen molar-refractivity contribution in [3.8, 4) is 0 Å². The average Bonchev–Trinajstić information content (AvgIpc) is 2.30. The van der Waals surface area contributed by atoms with Gasteiger partial charge in [0, 0.05) is 0 Å². The smallest absolute Gasteiger partial charge is 0.272 e. The summed E-state index contributed by atoms with van der Waals surface area (Å²) in [6.07, 6.45) is 0. The number of carbonyl (C=O) groups is 2. The zero-order valence-electron chi connectivity index (χ0n) is 5.69. The molecule has 12 heavy (non-hydrogen) atoms. The van der Waals surface area contributed by atoms with Crippen LogP contribution in [0.15, 0.2) is 0 Å². The molecule has 8 heteroatoms. The molecule has 0 aliphatic heterocycles. The first-order valence-corrected chi connectivity index (χ1v) is 2.75. The molecule has 0 saturated carbocycles. The minimum Gasteiger partial charge on any atom is -0.364 e. The number of hydrogen-bond donors (Lipinski definition) is 2. The van der Waals surface area contributed by atoms with Crippen LogP contribution in [-0.4, -0.2) is 27.0 Å². The van der Waals surface area contributed by atoms with Gasteiger partial charge in [0.25, 0.3) is 11.8 Å². The number of halogens is 1.